The van der Waals surface area contributed by atoms with E-state index in [1.54, 1.807) is 42.9 Å². The lowest BCUT2D eigenvalue weighted by Gasteiger charge is -2.61. The molecule has 1 aliphatic heterocycles. The summed E-state index contributed by atoms with van der Waals surface area (Å²) >= 11 is 0. The van der Waals surface area contributed by atoms with E-state index in [-0.39, 0.29) is 24.2 Å². The van der Waals surface area contributed by atoms with Gasteiger partial charge in [0.15, 0.2) is 0 Å². The second kappa shape index (κ2) is 12.9. The van der Waals surface area contributed by atoms with Gasteiger partial charge in [-0.15, -0.1) is 0 Å². The average molecular weight is 617 g/mol. The van der Waals surface area contributed by atoms with Crippen molar-refractivity contribution in [3.63, 3.8) is 0 Å². The number of esters is 1. The van der Waals surface area contributed by atoms with E-state index in [1.165, 1.54) is 0 Å². The Balaban J connectivity index is 1.33. The van der Waals surface area contributed by atoms with Crippen LogP contribution in [0.2, 0.25) is 0 Å². The third-order valence-corrected chi connectivity index (χ3v) is 10.6. The van der Waals surface area contributed by atoms with Crippen LogP contribution in [0.15, 0.2) is 58.9 Å². The lowest BCUT2D eigenvalue weighted by molar-refractivity contribution is -0.277. The van der Waals surface area contributed by atoms with Gasteiger partial charge in [0.1, 0.15) is 36.8 Å². The number of aliphatic hydroxyl groups is 6. The highest BCUT2D eigenvalue weighted by Crippen LogP contribution is 2.62. The Morgan fingerprint density at radius 2 is 1.77 bits per heavy atom. The molecule has 11 atom stereocenters. The molecule has 6 N–H and O–H groups in total. The number of benzene rings is 1. The third kappa shape index (κ3) is 5.71. The maximum atomic E-state index is 13.7. The first-order valence-electron chi connectivity index (χ1n) is 15.2. The lowest BCUT2D eigenvalue weighted by Crippen LogP contribution is -2.64. The van der Waals surface area contributed by atoms with Crippen molar-refractivity contribution in [3.05, 3.63) is 65.6 Å². The van der Waals surface area contributed by atoms with Gasteiger partial charge in [-0.25, -0.2) is 4.79 Å². The van der Waals surface area contributed by atoms with Crippen molar-refractivity contribution < 1.29 is 54.1 Å². The average Bonchev–Trinajstić information content (AvgIpc) is 3.55. The van der Waals surface area contributed by atoms with Crippen molar-refractivity contribution in [1.82, 2.24) is 0 Å². The van der Waals surface area contributed by atoms with E-state index in [2.05, 4.69) is 6.92 Å². The maximum absolute atomic E-state index is 13.7. The van der Waals surface area contributed by atoms with Gasteiger partial charge in [0.2, 0.25) is 6.29 Å². The zero-order valence-corrected chi connectivity index (χ0v) is 25.3. The first-order valence-corrected chi connectivity index (χ1v) is 15.2. The van der Waals surface area contributed by atoms with Gasteiger partial charge in [0.05, 0.1) is 31.3 Å². The van der Waals surface area contributed by atoms with Crippen LogP contribution in [-0.2, 0) is 27.3 Å². The van der Waals surface area contributed by atoms with Gasteiger partial charge in [0.25, 0.3) is 0 Å². The summed E-state index contributed by atoms with van der Waals surface area (Å²) in [5, 5.41) is 62.9. The van der Waals surface area contributed by atoms with Crippen molar-refractivity contribution in [2.24, 2.45) is 22.7 Å². The number of rotatable bonds is 9. The summed E-state index contributed by atoms with van der Waals surface area (Å²) < 4.78 is 22.3. The highest BCUT2D eigenvalue weighted by Gasteiger charge is 2.62. The molecule has 2 heterocycles. The highest BCUT2D eigenvalue weighted by molar-refractivity contribution is 5.90. The van der Waals surface area contributed by atoms with E-state index in [0.717, 1.165) is 24.8 Å². The lowest BCUT2D eigenvalue weighted by atomic mass is 9.45. The molecule has 11 unspecified atom stereocenters. The van der Waals surface area contributed by atoms with Gasteiger partial charge in [-0.2, -0.15) is 0 Å². The number of allylic oxidation sites excluding steroid dienone is 1. The van der Waals surface area contributed by atoms with E-state index in [9.17, 15) is 35.4 Å². The molecular formula is C33H44O11. The molecule has 0 spiro atoms. The second-order valence-electron chi connectivity index (χ2n) is 12.9. The van der Waals surface area contributed by atoms with Crippen molar-refractivity contribution in [2.45, 2.75) is 96.0 Å². The molecule has 3 aliphatic rings. The molecular weight excluding hydrogens is 572 g/mol. The molecule has 0 radical (unpaired) electrons. The van der Waals surface area contributed by atoms with E-state index in [1.807, 2.05) is 19.9 Å². The predicted octanol–water partition coefficient (Wildman–Crippen LogP) is 1.85. The number of aryl methyl sites for hydroxylation is 1. The van der Waals surface area contributed by atoms with Gasteiger partial charge in [-0.05, 0) is 60.6 Å². The number of hydrogen-bond donors (Lipinski definition) is 6. The number of para-hydroxylation sites is 1. The van der Waals surface area contributed by atoms with Crippen LogP contribution in [-0.4, -0.2) is 86.1 Å². The number of hydrogen-bond acceptors (Lipinski definition) is 11. The molecule has 2 fully saturated rings. The fourth-order valence-electron chi connectivity index (χ4n) is 7.62. The minimum atomic E-state index is -1.60. The monoisotopic (exact) mass is 616 g/mol. The van der Waals surface area contributed by atoms with Crippen molar-refractivity contribution in [2.75, 3.05) is 6.61 Å². The Morgan fingerprint density at radius 1 is 1.02 bits per heavy atom. The standard InChI is InChI=1S/C33H44O11/c1-18-25(35)29(39)33(3)21(8-6-10-24(33)32(18,2)13-11-19-12-14-41-16-19)30(40)42-17-20-7-4-5-9-22(20)43-31-28(38)27(37)26(36)23(15-34)44-31/h4-5,7-9,12,14,16,18,23-29,31,34-39H,6,10-11,13,15,17H2,1-3H3. The fourth-order valence-corrected chi connectivity index (χ4v) is 7.62. The molecule has 2 aromatic rings. The quantitative estimate of drug-likeness (QED) is 0.227. The SMILES string of the molecule is CC1C(O)C(O)C2(C)C(C(=O)OCc3ccccc3OC3OC(CO)C(O)C(O)C3O)=CCCC2C1(C)CCc1ccoc1. The van der Waals surface area contributed by atoms with Gasteiger partial charge in [-0.1, -0.05) is 45.0 Å². The summed E-state index contributed by atoms with van der Waals surface area (Å²) in [4.78, 5) is 13.7. The van der Waals surface area contributed by atoms with E-state index >= 15 is 0 Å². The summed E-state index contributed by atoms with van der Waals surface area (Å²) in [6, 6.07) is 8.56. The normalized spacial score (nSPS) is 38.8. The zero-order valence-electron chi connectivity index (χ0n) is 25.3. The van der Waals surface area contributed by atoms with Gasteiger partial charge in [-0.3, -0.25) is 0 Å². The number of furan rings is 1. The highest BCUT2D eigenvalue weighted by atomic mass is 16.7. The van der Waals surface area contributed by atoms with Crippen LogP contribution in [0.5, 0.6) is 5.75 Å². The Morgan fingerprint density at radius 3 is 2.48 bits per heavy atom. The molecule has 1 aromatic heterocycles. The molecule has 5 rings (SSSR count). The number of ether oxygens (including phenoxy) is 3. The van der Waals surface area contributed by atoms with Gasteiger partial charge in [0, 0.05) is 16.6 Å². The molecule has 11 nitrogen and oxygen atoms in total. The summed E-state index contributed by atoms with van der Waals surface area (Å²) in [5.41, 5.74) is 0.374. The Bertz CT molecular complexity index is 1310. The Kier molecular flexibility index (Phi) is 9.58. The number of carbonyl (C=O) groups is 1. The minimum absolute atomic E-state index is 0.107. The summed E-state index contributed by atoms with van der Waals surface area (Å²) in [5.74, 6) is -0.730. The zero-order chi connectivity index (χ0) is 31.8. The maximum Gasteiger partial charge on any atom is 0.334 e. The summed E-state index contributed by atoms with van der Waals surface area (Å²) in [6.07, 6.45) is -1.49. The van der Waals surface area contributed by atoms with Crippen molar-refractivity contribution in [3.8, 4) is 5.75 Å². The van der Waals surface area contributed by atoms with Crippen LogP contribution in [0.4, 0.5) is 0 Å². The third-order valence-electron chi connectivity index (χ3n) is 10.6. The van der Waals surface area contributed by atoms with Crippen LogP contribution in [0.1, 0.15) is 51.2 Å². The second-order valence-corrected chi connectivity index (χ2v) is 12.9. The van der Waals surface area contributed by atoms with Crippen LogP contribution in [0.25, 0.3) is 0 Å². The van der Waals surface area contributed by atoms with Crippen LogP contribution >= 0.6 is 0 Å². The van der Waals surface area contributed by atoms with Crippen LogP contribution < -0.4 is 4.74 Å². The Hall–Kier alpha value is -2.77. The smallest absolute Gasteiger partial charge is 0.334 e. The summed E-state index contributed by atoms with van der Waals surface area (Å²) in [6.45, 7) is 5.14. The van der Waals surface area contributed by atoms with Crippen LogP contribution in [0.3, 0.4) is 0 Å². The van der Waals surface area contributed by atoms with E-state index in [4.69, 9.17) is 18.6 Å². The van der Waals surface area contributed by atoms with Gasteiger partial charge < -0.3 is 49.3 Å². The molecule has 242 valence electrons. The van der Waals surface area contributed by atoms with E-state index in [0.29, 0.717) is 17.6 Å². The topological polar surface area (TPSA) is 179 Å². The largest absolute Gasteiger partial charge is 0.472 e. The molecule has 2 aliphatic carbocycles. The predicted molar refractivity (Wildman–Crippen MR) is 156 cm³/mol. The van der Waals surface area contributed by atoms with Gasteiger partial charge >= 0.3 is 5.97 Å². The minimum Gasteiger partial charge on any atom is -0.472 e. The van der Waals surface area contributed by atoms with Crippen molar-refractivity contribution >= 4 is 5.97 Å². The van der Waals surface area contributed by atoms with Crippen molar-refractivity contribution in [1.29, 1.82) is 0 Å². The molecule has 1 saturated carbocycles. The molecule has 0 amide bonds. The molecule has 0 bridgehead atoms. The summed E-state index contributed by atoms with van der Waals surface area (Å²) in [7, 11) is 0. The molecule has 44 heavy (non-hydrogen) atoms. The number of aliphatic hydroxyl groups excluding tert-OH is 6. The number of carbonyl (C=O) groups excluding carboxylic acids is 1. The first-order chi connectivity index (χ1) is 20.9. The number of fused-ring (bicyclic) bond motifs is 1. The van der Waals surface area contributed by atoms with E-state index < -0.39 is 66.3 Å². The fraction of sp³-hybridized carbons (Fsp3) is 0.606. The van der Waals surface area contributed by atoms with Crippen LogP contribution in [0, 0.1) is 22.7 Å². The first kappa shape index (κ1) is 32.6. The molecule has 1 saturated heterocycles. The Labute approximate surface area is 256 Å². The molecule has 1 aromatic carbocycles. The molecule has 11 heteroatoms.